The smallest absolute Gasteiger partial charge is 0.151 e. The summed E-state index contributed by atoms with van der Waals surface area (Å²) in [5.41, 5.74) is 1.14. The van der Waals surface area contributed by atoms with Crippen molar-refractivity contribution in [1.29, 1.82) is 0 Å². The molecule has 1 aliphatic rings. The van der Waals surface area contributed by atoms with E-state index < -0.39 is 0 Å². The number of carbonyl (C=O) groups excluding carboxylic acids is 1. The van der Waals surface area contributed by atoms with Crippen molar-refractivity contribution in [2.75, 3.05) is 6.61 Å². The minimum absolute atomic E-state index is 0.0174. The molecule has 0 aromatic heterocycles. The maximum absolute atomic E-state index is 10.2. The lowest BCUT2D eigenvalue weighted by atomic mass is 10.2. The zero-order valence-electron chi connectivity index (χ0n) is 7.76. The standard InChI is InChI=1S/C11H12O3/c12-6-10-11(14-10)8-13-7-9-4-2-1-3-5-9/h1-6,10-11H,7-8H2/t10-,11-/m1/s1. The van der Waals surface area contributed by atoms with Crippen molar-refractivity contribution >= 4 is 6.29 Å². The summed E-state index contributed by atoms with van der Waals surface area (Å²) in [5.74, 6) is 0. The van der Waals surface area contributed by atoms with Gasteiger partial charge in [-0.25, -0.2) is 0 Å². The van der Waals surface area contributed by atoms with E-state index in [2.05, 4.69) is 0 Å². The Morgan fingerprint density at radius 3 is 2.79 bits per heavy atom. The first kappa shape index (κ1) is 9.37. The molecular formula is C11H12O3. The van der Waals surface area contributed by atoms with Crippen LogP contribution in [0.4, 0.5) is 0 Å². The second-order valence-corrected chi connectivity index (χ2v) is 3.28. The molecule has 0 radical (unpaired) electrons. The zero-order valence-corrected chi connectivity index (χ0v) is 7.76. The molecular weight excluding hydrogens is 180 g/mol. The summed E-state index contributed by atoms with van der Waals surface area (Å²) in [6.07, 6.45) is 0.568. The van der Waals surface area contributed by atoms with Gasteiger partial charge in [-0.15, -0.1) is 0 Å². The van der Waals surface area contributed by atoms with Gasteiger partial charge < -0.3 is 14.3 Å². The van der Waals surface area contributed by atoms with Gasteiger partial charge in [-0.05, 0) is 5.56 Å². The zero-order chi connectivity index (χ0) is 9.80. The maximum Gasteiger partial charge on any atom is 0.151 e. The van der Waals surface area contributed by atoms with Crippen molar-refractivity contribution in [3.8, 4) is 0 Å². The van der Waals surface area contributed by atoms with Crippen molar-refractivity contribution in [2.24, 2.45) is 0 Å². The molecule has 1 aromatic carbocycles. The summed E-state index contributed by atoms with van der Waals surface area (Å²) in [4.78, 5) is 10.2. The van der Waals surface area contributed by atoms with Crippen molar-refractivity contribution in [3.63, 3.8) is 0 Å². The van der Waals surface area contributed by atoms with Gasteiger partial charge in [0.2, 0.25) is 0 Å². The molecule has 3 heteroatoms. The molecule has 1 aromatic rings. The van der Waals surface area contributed by atoms with Gasteiger partial charge in [0.25, 0.3) is 0 Å². The van der Waals surface area contributed by atoms with Crippen LogP contribution in [0.15, 0.2) is 30.3 Å². The van der Waals surface area contributed by atoms with Crippen molar-refractivity contribution in [2.45, 2.75) is 18.8 Å². The molecule has 1 fully saturated rings. The molecule has 3 nitrogen and oxygen atoms in total. The van der Waals surface area contributed by atoms with Gasteiger partial charge in [-0.3, -0.25) is 0 Å². The van der Waals surface area contributed by atoms with Crippen LogP contribution in [0.25, 0.3) is 0 Å². The van der Waals surface area contributed by atoms with Gasteiger partial charge in [0.15, 0.2) is 6.29 Å². The van der Waals surface area contributed by atoms with Crippen LogP contribution in [0.1, 0.15) is 5.56 Å². The predicted molar refractivity (Wildman–Crippen MR) is 50.8 cm³/mol. The molecule has 1 heterocycles. The van der Waals surface area contributed by atoms with E-state index in [0.717, 1.165) is 11.8 Å². The quantitative estimate of drug-likeness (QED) is 0.519. The lowest BCUT2D eigenvalue weighted by Gasteiger charge is -2.01. The van der Waals surface area contributed by atoms with Gasteiger partial charge in [-0.1, -0.05) is 30.3 Å². The Bertz CT molecular complexity index is 297. The Labute approximate surface area is 82.6 Å². The fourth-order valence-electron chi connectivity index (χ4n) is 1.28. The van der Waals surface area contributed by atoms with E-state index in [0.29, 0.717) is 13.2 Å². The molecule has 74 valence electrons. The van der Waals surface area contributed by atoms with Crippen LogP contribution in [0.5, 0.6) is 0 Å². The Hall–Kier alpha value is -1.19. The Kier molecular flexibility index (Phi) is 2.91. The maximum atomic E-state index is 10.2. The molecule has 14 heavy (non-hydrogen) atoms. The Morgan fingerprint density at radius 2 is 2.14 bits per heavy atom. The van der Waals surface area contributed by atoms with E-state index >= 15 is 0 Å². The highest BCUT2D eigenvalue weighted by molar-refractivity contribution is 5.60. The van der Waals surface area contributed by atoms with Crippen molar-refractivity contribution < 1.29 is 14.3 Å². The summed E-state index contributed by atoms with van der Waals surface area (Å²) in [5, 5.41) is 0. The molecule has 0 unspecified atom stereocenters. The third-order valence-electron chi connectivity index (χ3n) is 2.15. The van der Waals surface area contributed by atoms with E-state index in [1.54, 1.807) is 0 Å². The van der Waals surface area contributed by atoms with Crippen LogP contribution >= 0.6 is 0 Å². The second-order valence-electron chi connectivity index (χ2n) is 3.28. The molecule has 0 saturated carbocycles. The van der Waals surface area contributed by atoms with Crippen LogP contribution < -0.4 is 0 Å². The highest BCUT2D eigenvalue weighted by Crippen LogP contribution is 2.19. The van der Waals surface area contributed by atoms with E-state index in [9.17, 15) is 4.79 Å². The highest BCUT2D eigenvalue weighted by Gasteiger charge is 2.38. The number of carbonyl (C=O) groups is 1. The third-order valence-corrected chi connectivity index (χ3v) is 2.15. The largest absolute Gasteiger partial charge is 0.374 e. The summed E-state index contributed by atoms with van der Waals surface area (Å²) in [6.45, 7) is 1.07. The first-order valence-corrected chi connectivity index (χ1v) is 4.62. The van der Waals surface area contributed by atoms with E-state index in [-0.39, 0.29) is 12.2 Å². The van der Waals surface area contributed by atoms with Crippen LogP contribution in [0, 0.1) is 0 Å². The monoisotopic (exact) mass is 192 g/mol. The second kappa shape index (κ2) is 4.35. The van der Waals surface area contributed by atoms with Gasteiger partial charge in [0.1, 0.15) is 12.2 Å². The average molecular weight is 192 g/mol. The normalized spacial score (nSPS) is 24.6. The van der Waals surface area contributed by atoms with E-state index in [4.69, 9.17) is 9.47 Å². The molecule has 0 spiro atoms. The molecule has 0 bridgehead atoms. The fraction of sp³-hybridized carbons (Fsp3) is 0.364. The lowest BCUT2D eigenvalue weighted by Crippen LogP contribution is -2.05. The van der Waals surface area contributed by atoms with Gasteiger partial charge in [0.05, 0.1) is 13.2 Å². The van der Waals surface area contributed by atoms with Gasteiger partial charge >= 0.3 is 0 Å². The summed E-state index contributed by atoms with van der Waals surface area (Å²) < 4.78 is 10.4. The third kappa shape index (κ3) is 2.40. The molecule has 2 atom stereocenters. The van der Waals surface area contributed by atoms with Crippen LogP contribution in [0.2, 0.25) is 0 Å². The van der Waals surface area contributed by atoms with E-state index in [1.165, 1.54) is 0 Å². The Morgan fingerprint density at radius 1 is 1.36 bits per heavy atom. The number of rotatable bonds is 5. The first-order valence-electron chi connectivity index (χ1n) is 4.62. The highest BCUT2D eigenvalue weighted by atomic mass is 16.6. The fourth-order valence-corrected chi connectivity index (χ4v) is 1.28. The average Bonchev–Trinajstić information content (AvgIpc) is 2.98. The number of hydrogen-bond acceptors (Lipinski definition) is 3. The summed E-state index contributed by atoms with van der Waals surface area (Å²) >= 11 is 0. The number of epoxide rings is 1. The van der Waals surface area contributed by atoms with Crippen molar-refractivity contribution in [3.05, 3.63) is 35.9 Å². The van der Waals surface area contributed by atoms with Gasteiger partial charge in [-0.2, -0.15) is 0 Å². The predicted octanol–water partition coefficient (Wildman–Crippen LogP) is 1.17. The molecule has 0 N–H and O–H groups in total. The molecule has 1 aliphatic heterocycles. The molecule has 0 amide bonds. The number of aldehydes is 1. The van der Waals surface area contributed by atoms with Crippen LogP contribution in [0.3, 0.4) is 0 Å². The number of benzene rings is 1. The molecule has 0 aliphatic carbocycles. The van der Waals surface area contributed by atoms with Gasteiger partial charge in [0, 0.05) is 0 Å². The summed E-state index contributed by atoms with van der Waals surface area (Å²) in [6, 6.07) is 9.92. The lowest BCUT2D eigenvalue weighted by molar-refractivity contribution is -0.108. The van der Waals surface area contributed by atoms with Crippen LogP contribution in [-0.2, 0) is 20.9 Å². The minimum atomic E-state index is -0.231. The number of hydrogen-bond donors (Lipinski definition) is 0. The topological polar surface area (TPSA) is 38.8 Å². The summed E-state index contributed by atoms with van der Waals surface area (Å²) in [7, 11) is 0. The SMILES string of the molecule is O=C[C@H]1O[C@@H]1COCc1ccccc1. The van der Waals surface area contributed by atoms with Crippen LogP contribution in [-0.4, -0.2) is 25.1 Å². The molecule has 1 saturated heterocycles. The van der Waals surface area contributed by atoms with E-state index in [1.807, 2.05) is 30.3 Å². The first-order chi connectivity index (χ1) is 6.90. The van der Waals surface area contributed by atoms with Crippen molar-refractivity contribution in [1.82, 2.24) is 0 Å². The number of ether oxygens (including phenoxy) is 2. The molecule has 2 rings (SSSR count). The minimum Gasteiger partial charge on any atom is -0.374 e. The Balaban J connectivity index is 1.67.